The molecule has 0 bridgehead atoms. The van der Waals surface area contributed by atoms with Gasteiger partial charge in [-0.25, -0.2) is 4.79 Å². The largest absolute Gasteiger partial charge is 0.394 e. The first kappa shape index (κ1) is 11.3. The van der Waals surface area contributed by atoms with Crippen molar-refractivity contribution in [2.75, 3.05) is 19.7 Å². The maximum atomic E-state index is 11.6. The summed E-state index contributed by atoms with van der Waals surface area (Å²) in [6.45, 7) is 3.60. The van der Waals surface area contributed by atoms with Crippen molar-refractivity contribution in [1.29, 1.82) is 0 Å². The van der Waals surface area contributed by atoms with Crippen molar-refractivity contribution in [2.24, 2.45) is 0 Å². The average Bonchev–Trinajstić information content (AvgIpc) is 2.25. The van der Waals surface area contributed by atoms with Crippen LogP contribution in [0.25, 0.3) is 0 Å². The summed E-state index contributed by atoms with van der Waals surface area (Å²) in [5.41, 5.74) is 0. The van der Waals surface area contributed by atoms with E-state index >= 15 is 0 Å². The van der Waals surface area contributed by atoms with E-state index in [4.69, 9.17) is 5.11 Å². The Morgan fingerprint density at radius 1 is 1.57 bits per heavy atom. The molecule has 4 nitrogen and oxygen atoms in total. The van der Waals surface area contributed by atoms with E-state index in [1.807, 2.05) is 6.92 Å². The summed E-state index contributed by atoms with van der Waals surface area (Å²) in [5.74, 6) is 0. The molecule has 14 heavy (non-hydrogen) atoms. The predicted molar refractivity (Wildman–Crippen MR) is 55.1 cm³/mol. The number of carbonyl (C=O) groups is 1. The fourth-order valence-electron chi connectivity index (χ4n) is 1.79. The summed E-state index contributed by atoms with van der Waals surface area (Å²) in [5, 5.41) is 12.0. The van der Waals surface area contributed by atoms with Crippen LogP contribution < -0.4 is 5.32 Å². The number of amides is 2. The Hall–Kier alpha value is -0.770. The van der Waals surface area contributed by atoms with E-state index in [0.717, 1.165) is 32.2 Å². The van der Waals surface area contributed by atoms with Gasteiger partial charge in [-0.15, -0.1) is 0 Å². The van der Waals surface area contributed by atoms with Crippen molar-refractivity contribution in [1.82, 2.24) is 10.2 Å². The Morgan fingerprint density at radius 2 is 2.36 bits per heavy atom. The van der Waals surface area contributed by atoms with Gasteiger partial charge in [-0.3, -0.25) is 0 Å². The molecule has 1 unspecified atom stereocenters. The number of hydrogen-bond acceptors (Lipinski definition) is 2. The maximum Gasteiger partial charge on any atom is 0.317 e. The molecule has 1 heterocycles. The van der Waals surface area contributed by atoms with Crippen LogP contribution in [-0.4, -0.2) is 41.8 Å². The molecule has 1 aliphatic heterocycles. The van der Waals surface area contributed by atoms with Crippen molar-refractivity contribution in [2.45, 2.75) is 38.6 Å². The van der Waals surface area contributed by atoms with Gasteiger partial charge in [-0.05, 0) is 25.7 Å². The molecule has 0 saturated carbocycles. The van der Waals surface area contributed by atoms with Crippen LogP contribution in [-0.2, 0) is 0 Å². The minimum Gasteiger partial charge on any atom is -0.394 e. The second-order valence-electron chi connectivity index (χ2n) is 3.76. The standard InChI is InChI=1S/C10H20N2O2/c1-2-6-11-10(14)12-7-4-3-5-9(12)8-13/h9,13H,2-8H2,1H3,(H,11,14). The number of carbonyl (C=O) groups excluding carboxylic acids is 1. The second-order valence-corrected chi connectivity index (χ2v) is 3.76. The Bertz CT molecular complexity index is 185. The van der Waals surface area contributed by atoms with Crippen molar-refractivity contribution in [3.63, 3.8) is 0 Å². The van der Waals surface area contributed by atoms with Gasteiger partial charge in [0.05, 0.1) is 12.6 Å². The van der Waals surface area contributed by atoms with Crippen molar-refractivity contribution in [3.05, 3.63) is 0 Å². The monoisotopic (exact) mass is 200 g/mol. The molecule has 2 N–H and O–H groups in total. The summed E-state index contributed by atoms with van der Waals surface area (Å²) in [4.78, 5) is 13.4. The Morgan fingerprint density at radius 3 is 3.00 bits per heavy atom. The van der Waals surface area contributed by atoms with E-state index in [1.54, 1.807) is 4.90 Å². The van der Waals surface area contributed by atoms with Crippen molar-refractivity contribution >= 4 is 6.03 Å². The van der Waals surface area contributed by atoms with Crippen LogP contribution in [0.4, 0.5) is 4.79 Å². The van der Waals surface area contributed by atoms with Crippen LogP contribution in [0.15, 0.2) is 0 Å². The van der Waals surface area contributed by atoms with Gasteiger partial charge in [-0.2, -0.15) is 0 Å². The first-order chi connectivity index (χ1) is 6.79. The van der Waals surface area contributed by atoms with E-state index < -0.39 is 0 Å². The molecule has 0 radical (unpaired) electrons. The van der Waals surface area contributed by atoms with Gasteiger partial charge in [0.25, 0.3) is 0 Å². The van der Waals surface area contributed by atoms with E-state index in [9.17, 15) is 4.79 Å². The number of likely N-dealkylation sites (tertiary alicyclic amines) is 1. The number of hydrogen-bond donors (Lipinski definition) is 2. The highest BCUT2D eigenvalue weighted by Crippen LogP contribution is 2.16. The topological polar surface area (TPSA) is 52.6 Å². The summed E-state index contributed by atoms with van der Waals surface area (Å²) >= 11 is 0. The molecule has 0 aromatic heterocycles. The molecule has 0 spiro atoms. The number of aliphatic hydroxyl groups excluding tert-OH is 1. The van der Waals surface area contributed by atoms with Crippen LogP contribution in [0.2, 0.25) is 0 Å². The third-order valence-corrected chi connectivity index (χ3v) is 2.62. The van der Waals surface area contributed by atoms with Gasteiger partial charge in [-0.1, -0.05) is 6.92 Å². The fraction of sp³-hybridized carbons (Fsp3) is 0.900. The molecule has 0 aliphatic carbocycles. The van der Waals surface area contributed by atoms with Gasteiger partial charge in [0.15, 0.2) is 0 Å². The quantitative estimate of drug-likeness (QED) is 0.712. The lowest BCUT2D eigenvalue weighted by atomic mass is 10.0. The first-order valence-electron chi connectivity index (χ1n) is 5.45. The molecular formula is C10H20N2O2. The second kappa shape index (κ2) is 5.86. The van der Waals surface area contributed by atoms with E-state index in [-0.39, 0.29) is 18.7 Å². The SMILES string of the molecule is CCCNC(=O)N1CCCCC1CO. The highest BCUT2D eigenvalue weighted by atomic mass is 16.3. The Kier molecular flexibility index (Phi) is 4.73. The van der Waals surface area contributed by atoms with Crippen LogP contribution in [0.1, 0.15) is 32.6 Å². The number of piperidine rings is 1. The highest BCUT2D eigenvalue weighted by molar-refractivity contribution is 5.74. The molecule has 4 heteroatoms. The first-order valence-corrected chi connectivity index (χ1v) is 5.45. The van der Waals surface area contributed by atoms with E-state index in [1.165, 1.54) is 0 Å². The molecule has 1 rings (SSSR count). The number of nitrogens with zero attached hydrogens (tertiary/aromatic N) is 1. The predicted octanol–water partition coefficient (Wildman–Crippen LogP) is 0.953. The Labute approximate surface area is 85.3 Å². The van der Waals surface area contributed by atoms with E-state index in [0.29, 0.717) is 6.54 Å². The molecule has 1 atom stereocenters. The third-order valence-electron chi connectivity index (χ3n) is 2.62. The normalized spacial score (nSPS) is 22.1. The summed E-state index contributed by atoms with van der Waals surface area (Å²) in [6, 6.07) is 0.00575. The zero-order valence-corrected chi connectivity index (χ0v) is 8.83. The zero-order valence-electron chi connectivity index (χ0n) is 8.83. The van der Waals surface area contributed by atoms with Gasteiger partial charge < -0.3 is 15.3 Å². The molecule has 1 fully saturated rings. The van der Waals surface area contributed by atoms with Crippen LogP contribution in [0.3, 0.4) is 0 Å². The van der Waals surface area contributed by atoms with Crippen LogP contribution >= 0.6 is 0 Å². The van der Waals surface area contributed by atoms with Crippen LogP contribution in [0, 0.1) is 0 Å². The summed E-state index contributed by atoms with van der Waals surface area (Å²) in [7, 11) is 0. The smallest absolute Gasteiger partial charge is 0.317 e. The molecule has 2 amide bonds. The summed E-state index contributed by atoms with van der Waals surface area (Å²) in [6.07, 6.45) is 4.04. The fourth-order valence-corrected chi connectivity index (χ4v) is 1.79. The number of rotatable bonds is 3. The number of nitrogens with one attached hydrogen (secondary N) is 1. The summed E-state index contributed by atoms with van der Waals surface area (Å²) < 4.78 is 0. The van der Waals surface area contributed by atoms with Crippen molar-refractivity contribution in [3.8, 4) is 0 Å². The van der Waals surface area contributed by atoms with Gasteiger partial charge >= 0.3 is 6.03 Å². The number of urea groups is 1. The lowest BCUT2D eigenvalue weighted by Gasteiger charge is -2.34. The van der Waals surface area contributed by atoms with Crippen molar-refractivity contribution < 1.29 is 9.90 Å². The van der Waals surface area contributed by atoms with Crippen LogP contribution in [0.5, 0.6) is 0 Å². The number of aliphatic hydroxyl groups is 1. The molecule has 1 aliphatic rings. The Balaban J connectivity index is 2.41. The average molecular weight is 200 g/mol. The maximum absolute atomic E-state index is 11.6. The van der Waals surface area contributed by atoms with Gasteiger partial charge in [0.1, 0.15) is 0 Å². The molecule has 1 saturated heterocycles. The highest BCUT2D eigenvalue weighted by Gasteiger charge is 2.25. The third kappa shape index (κ3) is 2.87. The zero-order chi connectivity index (χ0) is 10.4. The lowest BCUT2D eigenvalue weighted by molar-refractivity contribution is 0.108. The molecular weight excluding hydrogens is 180 g/mol. The molecule has 82 valence electrons. The minimum atomic E-state index is -0.0226. The molecule has 0 aromatic rings. The lowest BCUT2D eigenvalue weighted by Crippen LogP contribution is -2.50. The van der Waals surface area contributed by atoms with Gasteiger partial charge in [0, 0.05) is 13.1 Å². The van der Waals surface area contributed by atoms with Gasteiger partial charge in [0.2, 0.25) is 0 Å². The minimum absolute atomic E-state index is 0.0226. The molecule has 0 aromatic carbocycles. The van der Waals surface area contributed by atoms with E-state index in [2.05, 4.69) is 5.32 Å².